The third-order valence-corrected chi connectivity index (χ3v) is 3.36. The smallest absolute Gasteiger partial charge is 0.260 e. The van der Waals surface area contributed by atoms with Crippen LogP contribution in [-0.4, -0.2) is 41.7 Å². The highest BCUT2D eigenvalue weighted by atomic mass is 16.5. The number of aliphatic hydroxyl groups is 1. The number of hydrogen-bond donors (Lipinski definition) is 1. The summed E-state index contributed by atoms with van der Waals surface area (Å²) in [6.45, 7) is 5.60. The third-order valence-electron chi connectivity index (χ3n) is 3.36. The number of hydrogen-bond acceptors (Lipinski definition) is 3. The van der Waals surface area contributed by atoms with Crippen molar-refractivity contribution in [2.45, 2.75) is 32.7 Å². The highest BCUT2D eigenvalue weighted by Crippen LogP contribution is 2.14. The van der Waals surface area contributed by atoms with Crippen molar-refractivity contribution in [3.63, 3.8) is 0 Å². The Morgan fingerprint density at radius 1 is 1.32 bits per heavy atom. The molecule has 0 fully saturated rings. The summed E-state index contributed by atoms with van der Waals surface area (Å²) in [4.78, 5) is 13.4. The minimum Gasteiger partial charge on any atom is -0.484 e. The molecule has 4 nitrogen and oxygen atoms in total. The van der Waals surface area contributed by atoms with Crippen LogP contribution < -0.4 is 4.74 Å². The van der Waals surface area contributed by atoms with Gasteiger partial charge in [0.05, 0.1) is 12.1 Å². The number of nitrogens with zero attached hydrogens (tertiary/aromatic N) is 1. The summed E-state index contributed by atoms with van der Waals surface area (Å²) in [5.41, 5.74) is 0.657. The third kappa shape index (κ3) is 4.24. The van der Waals surface area contributed by atoms with E-state index in [1.54, 1.807) is 20.9 Å². The Bertz CT molecular complexity index is 412. The average Bonchev–Trinajstić information content (AvgIpc) is 2.44. The van der Waals surface area contributed by atoms with Crippen LogP contribution >= 0.6 is 0 Å². The van der Waals surface area contributed by atoms with Crippen molar-refractivity contribution in [1.82, 2.24) is 4.90 Å². The predicted molar refractivity (Wildman–Crippen MR) is 75.2 cm³/mol. The normalized spacial score (nSPS) is 11.2. The van der Waals surface area contributed by atoms with Crippen LogP contribution in [0.15, 0.2) is 24.3 Å². The zero-order valence-electron chi connectivity index (χ0n) is 12.1. The van der Waals surface area contributed by atoms with Gasteiger partial charge in [0.25, 0.3) is 5.91 Å². The molecule has 0 aliphatic rings. The number of benzene rings is 1. The number of rotatable bonds is 6. The first-order chi connectivity index (χ1) is 8.90. The number of amides is 1. The van der Waals surface area contributed by atoms with Gasteiger partial charge in [-0.05, 0) is 38.0 Å². The monoisotopic (exact) mass is 265 g/mol. The highest BCUT2D eigenvalue weighted by Gasteiger charge is 2.26. The van der Waals surface area contributed by atoms with E-state index in [-0.39, 0.29) is 19.1 Å². The first-order valence-electron chi connectivity index (χ1n) is 6.50. The van der Waals surface area contributed by atoms with Gasteiger partial charge in [0.15, 0.2) is 6.61 Å². The molecule has 0 radical (unpaired) electrons. The molecule has 0 heterocycles. The average molecular weight is 265 g/mol. The number of likely N-dealkylation sites (N-methyl/N-ethyl adjacent to an activating group) is 1. The van der Waals surface area contributed by atoms with Crippen LogP contribution in [0, 0.1) is 0 Å². The van der Waals surface area contributed by atoms with E-state index < -0.39 is 5.54 Å². The Kier molecular flexibility index (Phi) is 5.36. The van der Waals surface area contributed by atoms with E-state index in [0.29, 0.717) is 5.75 Å². The molecule has 1 aromatic rings. The van der Waals surface area contributed by atoms with Gasteiger partial charge in [-0.1, -0.05) is 19.1 Å². The molecule has 106 valence electrons. The number of aryl methyl sites for hydroxylation is 1. The summed E-state index contributed by atoms with van der Waals surface area (Å²) in [7, 11) is 1.67. The van der Waals surface area contributed by atoms with Crippen molar-refractivity contribution in [3.05, 3.63) is 29.8 Å². The fourth-order valence-corrected chi connectivity index (χ4v) is 1.51. The number of carbonyl (C=O) groups excluding carboxylic acids is 1. The maximum Gasteiger partial charge on any atom is 0.260 e. The molecule has 0 bridgehead atoms. The first-order valence-corrected chi connectivity index (χ1v) is 6.50. The van der Waals surface area contributed by atoms with Crippen molar-refractivity contribution < 1.29 is 14.6 Å². The summed E-state index contributed by atoms with van der Waals surface area (Å²) in [6, 6.07) is 7.70. The predicted octanol–water partition coefficient (Wildman–Crippen LogP) is 1.86. The van der Waals surface area contributed by atoms with Gasteiger partial charge >= 0.3 is 0 Å². The molecule has 0 aliphatic heterocycles. The Hall–Kier alpha value is -1.55. The molecule has 1 amide bonds. The Morgan fingerprint density at radius 3 is 2.37 bits per heavy atom. The second-order valence-corrected chi connectivity index (χ2v) is 5.21. The zero-order chi connectivity index (χ0) is 14.5. The van der Waals surface area contributed by atoms with E-state index in [4.69, 9.17) is 4.74 Å². The van der Waals surface area contributed by atoms with E-state index in [9.17, 15) is 9.90 Å². The summed E-state index contributed by atoms with van der Waals surface area (Å²) in [5.74, 6) is 0.527. The van der Waals surface area contributed by atoms with Gasteiger partial charge in [0.2, 0.25) is 0 Å². The van der Waals surface area contributed by atoms with Gasteiger partial charge in [-0.3, -0.25) is 4.79 Å². The quantitative estimate of drug-likeness (QED) is 0.854. The van der Waals surface area contributed by atoms with Gasteiger partial charge in [-0.2, -0.15) is 0 Å². The van der Waals surface area contributed by atoms with Crippen LogP contribution in [0.2, 0.25) is 0 Å². The second-order valence-electron chi connectivity index (χ2n) is 5.21. The van der Waals surface area contributed by atoms with Gasteiger partial charge in [0, 0.05) is 7.05 Å². The lowest BCUT2D eigenvalue weighted by Crippen LogP contribution is -2.49. The summed E-state index contributed by atoms with van der Waals surface area (Å²) in [6.07, 6.45) is 0.979. The molecule has 1 rings (SSSR count). The fraction of sp³-hybridized carbons (Fsp3) is 0.533. The van der Waals surface area contributed by atoms with Crippen LogP contribution in [0.4, 0.5) is 0 Å². The Morgan fingerprint density at radius 2 is 1.89 bits per heavy atom. The molecule has 0 aliphatic carbocycles. The van der Waals surface area contributed by atoms with E-state index in [1.807, 2.05) is 24.3 Å². The fourth-order valence-electron chi connectivity index (χ4n) is 1.51. The van der Waals surface area contributed by atoms with Crippen LogP contribution in [-0.2, 0) is 11.2 Å². The topological polar surface area (TPSA) is 49.8 Å². The lowest BCUT2D eigenvalue weighted by atomic mass is 10.1. The summed E-state index contributed by atoms with van der Waals surface area (Å²) >= 11 is 0. The van der Waals surface area contributed by atoms with Crippen molar-refractivity contribution in [3.8, 4) is 5.75 Å². The minimum absolute atomic E-state index is 0.0224. The molecular weight excluding hydrogens is 242 g/mol. The minimum atomic E-state index is -0.577. The summed E-state index contributed by atoms with van der Waals surface area (Å²) < 4.78 is 5.46. The number of carbonyl (C=O) groups is 1. The molecule has 0 saturated heterocycles. The van der Waals surface area contributed by atoms with Crippen LogP contribution in [0.1, 0.15) is 26.3 Å². The number of aliphatic hydroxyl groups excluding tert-OH is 1. The molecule has 0 spiro atoms. The van der Waals surface area contributed by atoms with Crippen LogP contribution in [0.3, 0.4) is 0 Å². The molecular formula is C15H23NO3. The molecule has 0 saturated carbocycles. The SMILES string of the molecule is CCc1ccc(OCC(=O)N(C)C(C)(C)CO)cc1. The van der Waals surface area contributed by atoms with Crippen LogP contribution in [0.25, 0.3) is 0 Å². The zero-order valence-corrected chi connectivity index (χ0v) is 12.1. The Labute approximate surface area is 115 Å². The van der Waals surface area contributed by atoms with Gasteiger partial charge < -0.3 is 14.7 Å². The number of ether oxygens (including phenoxy) is 1. The lowest BCUT2D eigenvalue weighted by Gasteiger charge is -2.33. The van der Waals surface area contributed by atoms with Crippen molar-refractivity contribution in [1.29, 1.82) is 0 Å². The van der Waals surface area contributed by atoms with Gasteiger partial charge in [-0.15, -0.1) is 0 Å². The lowest BCUT2D eigenvalue weighted by molar-refractivity contribution is -0.138. The standard InChI is InChI=1S/C15H23NO3/c1-5-12-6-8-13(9-7-12)19-10-14(18)16(4)15(2,3)11-17/h6-9,17H,5,10-11H2,1-4H3. The highest BCUT2D eigenvalue weighted by molar-refractivity contribution is 5.78. The van der Waals surface area contributed by atoms with Crippen molar-refractivity contribution >= 4 is 5.91 Å². The summed E-state index contributed by atoms with van der Waals surface area (Å²) in [5, 5.41) is 9.22. The molecule has 0 aromatic heterocycles. The van der Waals surface area contributed by atoms with Crippen LogP contribution in [0.5, 0.6) is 5.75 Å². The maximum atomic E-state index is 11.9. The van der Waals surface area contributed by atoms with E-state index in [2.05, 4.69) is 6.92 Å². The Balaban J connectivity index is 2.54. The second kappa shape index (κ2) is 6.57. The van der Waals surface area contributed by atoms with E-state index >= 15 is 0 Å². The molecule has 0 atom stereocenters. The molecule has 4 heteroatoms. The van der Waals surface area contributed by atoms with Crippen molar-refractivity contribution in [2.24, 2.45) is 0 Å². The van der Waals surface area contributed by atoms with E-state index in [1.165, 1.54) is 10.5 Å². The largest absolute Gasteiger partial charge is 0.484 e. The molecule has 19 heavy (non-hydrogen) atoms. The van der Waals surface area contributed by atoms with Gasteiger partial charge in [-0.25, -0.2) is 0 Å². The maximum absolute atomic E-state index is 11.9. The molecule has 1 aromatic carbocycles. The first kappa shape index (κ1) is 15.5. The van der Waals surface area contributed by atoms with Gasteiger partial charge in [0.1, 0.15) is 5.75 Å². The van der Waals surface area contributed by atoms with Crippen molar-refractivity contribution in [2.75, 3.05) is 20.3 Å². The van der Waals surface area contributed by atoms with E-state index in [0.717, 1.165) is 6.42 Å². The molecule has 0 unspecified atom stereocenters. The molecule has 1 N–H and O–H groups in total.